The van der Waals surface area contributed by atoms with Crippen molar-refractivity contribution in [2.75, 3.05) is 11.9 Å². The van der Waals surface area contributed by atoms with Crippen molar-refractivity contribution in [3.63, 3.8) is 0 Å². The van der Waals surface area contributed by atoms with Gasteiger partial charge in [0.05, 0.1) is 17.3 Å². The Bertz CT molecular complexity index is 463. The van der Waals surface area contributed by atoms with Crippen LogP contribution < -0.4 is 5.32 Å². The molecule has 1 aromatic carbocycles. The molecule has 116 valence electrons. The van der Waals surface area contributed by atoms with Gasteiger partial charge in [0.25, 0.3) is 0 Å². The van der Waals surface area contributed by atoms with Gasteiger partial charge >= 0.3 is 5.97 Å². The molecule has 0 amide bonds. The lowest BCUT2D eigenvalue weighted by atomic mass is 9.90. The second-order valence-corrected chi connectivity index (χ2v) is 6.34. The van der Waals surface area contributed by atoms with E-state index in [1.165, 1.54) is 32.1 Å². The SMILES string of the molecule is Cc1cccc(Cl)c1N[C@@H](C)C(=O)OCC1CCCCC1. The molecule has 0 heterocycles. The number of para-hydroxylation sites is 1. The summed E-state index contributed by atoms with van der Waals surface area (Å²) in [6.45, 7) is 4.33. The Morgan fingerprint density at radius 2 is 2.10 bits per heavy atom. The van der Waals surface area contributed by atoms with Crippen LogP contribution in [0.4, 0.5) is 5.69 Å². The first-order valence-electron chi connectivity index (χ1n) is 7.76. The summed E-state index contributed by atoms with van der Waals surface area (Å²) in [6, 6.07) is 5.28. The van der Waals surface area contributed by atoms with E-state index in [0.717, 1.165) is 11.3 Å². The number of carbonyl (C=O) groups excluding carboxylic acids is 1. The highest BCUT2D eigenvalue weighted by Crippen LogP contribution is 2.26. The van der Waals surface area contributed by atoms with Gasteiger partial charge in [0, 0.05) is 0 Å². The van der Waals surface area contributed by atoms with Crippen LogP contribution in [0.25, 0.3) is 0 Å². The van der Waals surface area contributed by atoms with Gasteiger partial charge in [0.1, 0.15) is 6.04 Å². The van der Waals surface area contributed by atoms with Crippen LogP contribution in [0.15, 0.2) is 18.2 Å². The average Bonchev–Trinajstić information content (AvgIpc) is 2.49. The second kappa shape index (κ2) is 7.69. The summed E-state index contributed by atoms with van der Waals surface area (Å²) >= 11 is 6.16. The number of halogens is 1. The summed E-state index contributed by atoms with van der Waals surface area (Å²) in [5, 5.41) is 3.79. The molecule has 3 nitrogen and oxygen atoms in total. The van der Waals surface area contributed by atoms with Crippen molar-refractivity contribution in [3.8, 4) is 0 Å². The smallest absolute Gasteiger partial charge is 0.328 e. The predicted molar refractivity (Wildman–Crippen MR) is 86.8 cm³/mol. The van der Waals surface area contributed by atoms with Crippen LogP contribution >= 0.6 is 11.6 Å². The van der Waals surface area contributed by atoms with Crippen LogP contribution in [0, 0.1) is 12.8 Å². The average molecular weight is 310 g/mol. The fourth-order valence-electron chi connectivity index (χ4n) is 2.77. The molecule has 0 radical (unpaired) electrons. The highest BCUT2D eigenvalue weighted by molar-refractivity contribution is 6.33. The van der Waals surface area contributed by atoms with E-state index < -0.39 is 6.04 Å². The minimum atomic E-state index is -0.396. The summed E-state index contributed by atoms with van der Waals surface area (Å²) in [7, 11) is 0. The summed E-state index contributed by atoms with van der Waals surface area (Å²) in [4.78, 5) is 12.1. The molecule has 0 unspecified atom stereocenters. The van der Waals surface area contributed by atoms with E-state index in [4.69, 9.17) is 16.3 Å². The van der Waals surface area contributed by atoms with Crippen molar-refractivity contribution in [1.82, 2.24) is 0 Å². The standard InChI is InChI=1S/C17H24ClNO2/c1-12-7-6-10-15(18)16(12)19-13(2)17(20)21-11-14-8-4-3-5-9-14/h6-7,10,13-14,19H,3-5,8-9,11H2,1-2H3/t13-/m0/s1. The van der Waals surface area contributed by atoms with Crippen molar-refractivity contribution >= 4 is 23.3 Å². The van der Waals surface area contributed by atoms with Gasteiger partial charge in [-0.25, -0.2) is 4.79 Å². The Morgan fingerprint density at radius 1 is 1.38 bits per heavy atom. The van der Waals surface area contributed by atoms with E-state index in [1.807, 2.05) is 32.0 Å². The molecule has 1 aliphatic carbocycles. The zero-order chi connectivity index (χ0) is 15.2. The lowest BCUT2D eigenvalue weighted by molar-refractivity contribution is -0.145. The normalized spacial score (nSPS) is 17.3. The summed E-state index contributed by atoms with van der Waals surface area (Å²) in [5.41, 5.74) is 1.83. The van der Waals surface area contributed by atoms with Gasteiger partial charge in [0.2, 0.25) is 0 Å². The van der Waals surface area contributed by atoms with E-state index >= 15 is 0 Å². The van der Waals surface area contributed by atoms with Crippen LogP contribution in [0.2, 0.25) is 5.02 Å². The number of carbonyl (C=O) groups is 1. The fourth-order valence-corrected chi connectivity index (χ4v) is 3.05. The molecule has 2 rings (SSSR count). The van der Waals surface area contributed by atoms with E-state index in [1.54, 1.807) is 0 Å². The van der Waals surface area contributed by atoms with Gasteiger partial charge in [-0.1, -0.05) is 43.0 Å². The molecule has 1 aromatic rings. The minimum Gasteiger partial charge on any atom is -0.464 e. The fraction of sp³-hybridized carbons (Fsp3) is 0.588. The zero-order valence-corrected chi connectivity index (χ0v) is 13.6. The highest BCUT2D eigenvalue weighted by atomic mass is 35.5. The molecule has 1 saturated carbocycles. The number of aryl methyl sites for hydroxylation is 1. The molecule has 0 bridgehead atoms. The van der Waals surface area contributed by atoms with Gasteiger partial charge in [-0.05, 0) is 44.2 Å². The van der Waals surface area contributed by atoms with E-state index in [9.17, 15) is 4.79 Å². The molecule has 1 aliphatic rings. The number of rotatable bonds is 5. The van der Waals surface area contributed by atoms with Gasteiger partial charge in [-0.3, -0.25) is 0 Å². The van der Waals surface area contributed by atoms with Crippen LogP contribution in [0.5, 0.6) is 0 Å². The van der Waals surface area contributed by atoms with E-state index in [0.29, 0.717) is 17.5 Å². The van der Waals surface area contributed by atoms with Crippen molar-refractivity contribution in [2.45, 2.75) is 52.0 Å². The minimum absolute atomic E-state index is 0.208. The Labute approximate surface area is 132 Å². The number of benzene rings is 1. The maximum Gasteiger partial charge on any atom is 0.328 e. The number of hydrogen-bond acceptors (Lipinski definition) is 3. The molecule has 21 heavy (non-hydrogen) atoms. The zero-order valence-electron chi connectivity index (χ0n) is 12.8. The molecule has 1 N–H and O–H groups in total. The number of ether oxygens (including phenoxy) is 1. The van der Waals surface area contributed by atoms with Crippen LogP contribution in [0.3, 0.4) is 0 Å². The second-order valence-electron chi connectivity index (χ2n) is 5.93. The lowest BCUT2D eigenvalue weighted by Crippen LogP contribution is -2.30. The van der Waals surface area contributed by atoms with Crippen molar-refractivity contribution in [1.29, 1.82) is 0 Å². The maximum atomic E-state index is 12.1. The molecular weight excluding hydrogens is 286 g/mol. The molecular formula is C17H24ClNO2. The Kier molecular flexibility index (Phi) is 5.92. The van der Waals surface area contributed by atoms with Crippen LogP contribution in [-0.2, 0) is 9.53 Å². The van der Waals surface area contributed by atoms with Crippen LogP contribution in [-0.4, -0.2) is 18.6 Å². The van der Waals surface area contributed by atoms with Gasteiger partial charge in [0.15, 0.2) is 0 Å². The van der Waals surface area contributed by atoms with Crippen molar-refractivity contribution < 1.29 is 9.53 Å². The predicted octanol–water partition coefficient (Wildman–Crippen LogP) is 4.57. The Balaban J connectivity index is 1.84. The first-order chi connectivity index (χ1) is 10.1. The molecule has 1 atom stereocenters. The molecule has 0 aromatic heterocycles. The lowest BCUT2D eigenvalue weighted by Gasteiger charge is -2.23. The van der Waals surface area contributed by atoms with Crippen LogP contribution in [0.1, 0.15) is 44.6 Å². The van der Waals surface area contributed by atoms with Gasteiger partial charge in [-0.2, -0.15) is 0 Å². The number of hydrogen-bond donors (Lipinski definition) is 1. The highest BCUT2D eigenvalue weighted by Gasteiger charge is 2.20. The number of anilines is 1. The van der Waals surface area contributed by atoms with E-state index in [2.05, 4.69) is 5.32 Å². The molecule has 0 spiro atoms. The molecule has 0 saturated heterocycles. The number of nitrogens with one attached hydrogen (secondary N) is 1. The largest absolute Gasteiger partial charge is 0.464 e. The Hall–Kier alpha value is -1.22. The third-order valence-electron chi connectivity index (χ3n) is 4.12. The van der Waals surface area contributed by atoms with Crippen molar-refractivity contribution in [2.24, 2.45) is 5.92 Å². The Morgan fingerprint density at radius 3 is 2.76 bits per heavy atom. The molecule has 0 aliphatic heterocycles. The molecule has 4 heteroatoms. The van der Waals surface area contributed by atoms with Gasteiger partial charge in [-0.15, -0.1) is 0 Å². The summed E-state index contributed by atoms with van der Waals surface area (Å²) < 4.78 is 5.45. The monoisotopic (exact) mass is 309 g/mol. The topological polar surface area (TPSA) is 38.3 Å². The van der Waals surface area contributed by atoms with Gasteiger partial charge < -0.3 is 10.1 Å². The first-order valence-corrected chi connectivity index (χ1v) is 8.14. The van der Waals surface area contributed by atoms with E-state index in [-0.39, 0.29) is 5.97 Å². The summed E-state index contributed by atoms with van der Waals surface area (Å²) in [5.74, 6) is 0.330. The quantitative estimate of drug-likeness (QED) is 0.810. The third kappa shape index (κ3) is 4.63. The first kappa shape index (κ1) is 16.2. The summed E-state index contributed by atoms with van der Waals surface area (Å²) in [6.07, 6.45) is 6.19. The number of esters is 1. The van der Waals surface area contributed by atoms with Crippen molar-refractivity contribution in [3.05, 3.63) is 28.8 Å². The third-order valence-corrected chi connectivity index (χ3v) is 4.44. The maximum absolute atomic E-state index is 12.1. The molecule has 1 fully saturated rings.